The summed E-state index contributed by atoms with van der Waals surface area (Å²) in [6.45, 7) is 6.91. The van der Waals surface area contributed by atoms with Crippen molar-refractivity contribution in [3.63, 3.8) is 0 Å². The van der Waals surface area contributed by atoms with Gasteiger partial charge in [0, 0.05) is 24.2 Å². The van der Waals surface area contributed by atoms with Gasteiger partial charge in [0.15, 0.2) is 0 Å². The van der Waals surface area contributed by atoms with E-state index in [0.29, 0.717) is 29.8 Å². The first kappa shape index (κ1) is 24.9. The summed E-state index contributed by atoms with van der Waals surface area (Å²) in [5.74, 6) is -1.31. The molecule has 9 nitrogen and oxygen atoms in total. The molecular weight excluding hydrogens is 438 g/mol. The van der Waals surface area contributed by atoms with Crippen molar-refractivity contribution >= 4 is 23.1 Å². The molecule has 1 aliphatic heterocycles. The van der Waals surface area contributed by atoms with Gasteiger partial charge in [-0.3, -0.25) is 19.7 Å². The van der Waals surface area contributed by atoms with Crippen LogP contribution in [0.1, 0.15) is 37.4 Å². The molecule has 1 N–H and O–H groups in total. The Kier molecular flexibility index (Phi) is 8.01. The van der Waals surface area contributed by atoms with Crippen LogP contribution in [0.4, 0.5) is 5.69 Å². The van der Waals surface area contributed by atoms with E-state index < -0.39 is 22.7 Å². The second kappa shape index (κ2) is 10.9. The Bertz CT molecular complexity index is 1090. The van der Waals surface area contributed by atoms with Gasteiger partial charge in [-0.15, -0.1) is 0 Å². The molecule has 34 heavy (non-hydrogen) atoms. The summed E-state index contributed by atoms with van der Waals surface area (Å²) in [5.41, 5.74) is 0.703. The molecule has 1 saturated heterocycles. The lowest BCUT2D eigenvalue weighted by atomic mass is 9.95. The lowest BCUT2D eigenvalue weighted by molar-refractivity contribution is -0.384. The number of methoxy groups -OCH3 is 1. The highest BCUT2D eigenvalue weighted by molar-refractivity contribution is 6.46. The summed E-state index contributed by atoms with van der Waals surface area (Å²) in [5, 5.41) is 22.2. The average Bonchev–Trinajstić information content (AvgIpc) is 3.11. The van der Waals surface area contributed by atoms with Crippen LogP contribution in [-0.4, -0.2) is 64.8 Å². The first-order valence-corrected chi connectivity index (χ1v) is 11.2. The number of hydrogen-bond donors (Lipinski definition) is 1. The highest BCUT2D eigenvalue weighted by Gasteiger charge is 2.45. The minimum absolute atomic E-state index is 0.0463. The topological polar surface area (TPSA) is 113 Å². The fourth-order valence-electron chi connectivity index (χ4n) is 4.17. The van der Waals surface area contributed by atoms with Gasteiger partial charge in [0.25, 0.3) is 17.4 Å². The number of aliphatic hydroxyl groups excluding tert-OH is 1. The Labute approximate surface area is 198 Å². The number of nitro groups is 1. The molecule has 1 fully saturated rings. The summed E-state index contributed by atoms with van der Waals surface area (Å²) < 4.78 is 5.22. The number of ether oxygens (including phenoxy) is 1. The number of likely N-dealkylation sites (tertiary alicyclic amines) is 1. The largest absolute Gasteiger partial charge is 0.507 e. The molecule has 1 amide bonds. The Morgan fingerprint density at radius 3 is 2.41 bits per heavy atom. The van der Waals surface area contributed by atoms with Gasteiger partial charge in [-0.25, -0.2) is 0 Å². The number of rotatable bonds is 10. The fraction of sp³-hybridized carbons (Fsp3) is 0.360. The number of nitro benzene ring substituents is 1. The van der Waals surface area contributed by atoms with Gasteiger partial charge >= 0.3 is 0 Å². The molecule has 1 aliphatic rings. The van der Waals surface area contributed by atoms with Crippen molar-refractivity contribution in [1.29, 1.82) is 0 Å². The van der Waals surface area contributed by atoms with E-state index in [4.69, 9.17) is 4.74 Å². The summed E-state index contributed by atoms with van der Waals surface area (Å²) in [6, 6.07) is 11.4. The van der Waals surface area contributed by atoms with Crippen molar-refractivity contribution in [2.45, 2.75) is 26.3 Å². The molecule has 0 bridgehead atoms. The molecule has 2 aromatic rings. The van der Waals surface area contributed by atoms with Crippen LogP contribution in [0.5, 0.6) is 5.75 Å². The van der Waals surface area contributed by atoms with Crippen LogP contribution in [0, 0.1) is 10.1 Å². The molecule has 0 saturated carbocycles. The first-order valence-electron chi connectivity index (χ1n) is 11.2. The maximum atomic E-state index is 13.1. The minimum Gasteiger partial charge on any atom is -0.507 e. The number of amides is 1. The van der Waals surface area contributed by atoms with Gasteiger partial charge < -0.3 is 19.6 Å². The molecule has 9 heteroatoms. The second-order valence-corrected chi connectivity index (χ2v) is 7.95. The zero-order valence-electron chi connectivity index (χ0n) is 19.6. The maximum absolute atomic E-state index is 13.1. The molecule has 180 valence electrons. The Hall–Kier alpha value is -3.72. The third kappa shape index (κ3) is 5.09. The first-order chi connectivity index (χ1) is 16.3. The number of carbonyl (C=O) groups is 2. The van der Waals surface area contributed by atoms with Gasteiger partial charge in [-0.2, -0.15) is 0 Å². The van der Waals surface area contributed by atoms with Gasteiger partial charge in [-0.1, -0.05) is 26.0 Å². The van der Waals surface area contributed by atoms with Crippen LogP contribution in [0.25, 0.3) is 5.76 Å². The number of carbonyl (C=O) groups excluding carboxylic acids is 2. The SMILES string of the molecule is CCN(CC)CCCN1C(=O)C(=O)C(=C(O)c2cccc(OC)c2)[C@H]1c1ccc([N+](=O)[O-])cc1. The summed E-state index contributed by atoms with van der Waals surface area (Å²) >= 11 is 0. The number of aliphatic hydroxyl groups is 1. The lowest BCUT2D eigenvalue weighted by Crippen LogP contribution is -2.33. The summed E-state index contributed by atoms with van der Waals surface area (Å²) in [6.07, 6.45) is 0.636. The number of benzene rings is 2. The molecule has 3 rings (SSSR count). The Balaban J connectivity index is 2.06. The predicted octanol–water partition coefficient (Wildman–Crippen LogP) is 3.76. The normalized spacial score (nSPS) is 17.4. The third-order valence-electron chi connectivity index (χ3n) is 6.07. The van der Waals surface area contributed by atoms with Crippen LogP contribution >= 0.6 is 0 Å². The smallest absolute Gasteiger partial charge is 0.295 e. The fourth-order valence-corrected chi connectivity index (χ4v) is 4.17. The molecule has 2 aromatic carbocycles. The molecule has 0 spiro atoms. The van der Waals surface area contributed by atoms with E-state index in [-0.39, 0.29) is 17.0 Å². The highest BCUT2D eigenvalue weighted by Crippen LogP contribution is 2.40. The van der Waals surface area contributed by atoms with Gasteiger partial charge in [0.05, 0.1) is 23.6 Å². The van der Waals surface area contributed by atoms with Crippen molar-refractivity contribution in [3.8, 4) is 5.75 Å². The zero-order valence-corrected chi connectivity index (χ0v) is 19.6. The Morgan fingerprint density at radius 1 is 1.15 bits per heavy atom. The van der Waals surface area contributed by atoms with Crippen LogP contribution in [0.3, 0.4) is 0 Å². The average molecular weight is 468 g/mol. The maximum Gasteiger partial charge on any atom is 0.295 e. The molecular formula is C25H29N3O6. The standard InChI is InChI=1S/C25H29N3O6/c1-4-26(5-2)14-7-15-27-22(17-10-12-19(13-11-17)28(32)33)21(24(30)25(27)31)23(29)18-8-6-9-20(16-18)34-3/h6,8-13,16,22,29H,4-5,7,14-15H2,1-3H3/t22-/m1/s1. The summed E-state index contributed by atoms with van der Waals surface area (Å²) in [4.78, 5) is 40.4. The van der Waals surface area contributed by atoms with E-state index in [0.717, 1.165) is 19.6 Å². The van der Waals surface area contributed by atoms with Gasteiger partial charge in [0.1, 0.15) is 11.5 Å². The Morgan fingerprint density at radius 2 is 1.82 bits per heavy atom. The van der Waals surface area contributed by atoms with Crippen LogP contribution in [-0.2, 0) is 9.59 Å². The van der Waals surface area contributed by atoms with Crippen molar-refractivity contribution in [1.82, 2.24) is 9.80 Å². The van der Waals surface area contributed by atoms with Crippen molar-refractivity contribution in [3.05, 3.63) is 75.3 Å². The molecule has 0 unspecified atom stereocenters. The van der Waals surface area contributed by atoms with E-state index in [1.807, 2.05) is 0 Å². The predicted molar refractivity (Wildman–Crippen MR) is 128 cm³/mol. The van der Waals surface area contributed by atoms with Crippen molar-refractivity contribution in [2.75, 3.05) is 33.3 Å². The summed E-state index contributed by atoms with van der Waals surface area (Å²) in [7, 11) is 1.49. The van der Waals surface area contributed by atoms with E-state index in [2.05, 4.69) is 18.7 Å². The van der Waals surface area contributed by atoms with Gasteiger partial charge in [-0.05, 0) is 55.9 Å². The van der Waals surface area contributed by atoms with E-state index in [9.17, 15) is 24.8 Å². The van der Waals surface area contributed by atoms with E-state index in [1.54, 1.807) is 24.3 Å². The molecule has 1 heterocycles. The number of nitrogens with zero attached hydrogens (tertiary/aromatic N) is 3. The minimum atomic E-state index is -0.858. The third-order valence-corrected chi connectivity index (χ3v) is 6.07. The van der Waals surface area contributed by atoms with Crippen molar-refractivity contribution < 1.29 is 24.4 Å². The van der Waals surface area contributed by atoms with E-state index >= 15 is 0 Å². The van der Waals surface area contributed by atoms with E-state index in [1.165, 1.54) is 36.3 Å². The van der Waals surface area contributed by atoms with Crippen LogP contribution in [0.2, 0.25) is 0 Å². The number of Topliss-reactive ketones (excluding diaryl/α,β-unsaturated/α-hetero) is 1. The number of ketones is 1. The zero-order chi connectivity index (χ0) is 24.8. The lowest BCUT2D eigenvalue weighted by Gasteiger charge is -2.26. The monoisotopic (exact) mass is 467 g/mol. The van der Waals surface area contributed by atoms with Crippen molar-refractivity contribution in [2.24, 2.45) is 0 Å². The number of non-ortho nitro benzene ring substituents is 1. The molecule has 0 aromatic heterocycles. The molecule has 0 radical (unpaired) electrons. The van der Waals surface area contributed by atoms with Gasteiger partial charge in [0.2, 0.25) is 0 Å². The van der Waals surface area contributed by atoms with Crippen LogP contribution < -0.4 is 4.74 Å². The number of hydrogen-bond acceptors (Lipinski definition) is 7. The molecule has 0 aliphatic carbocycles. The van der Waals surface area contributed by atoms with Crippen LogP contribution in [0.15, 0.2) is 54.1 Å². The second-order valence-electron chi connectivity index (χ2n) is 7.95. The quantitative estimate of drug-likeness (QED) is 0.186. The highest BCUT2D eigenvalue weighted by atomic mass is 16.6. The molecule has 1 atom stereocenters.